The Morgan fingerprint density at radius 2 is 2.07 bits per heavy atom. The number of rotatable bonds is 4. The van der Waals surface area contributed by atoms with Crippen LogP contribution in [0.4, 0.5) is 0 Å². The van der Waals surface area contributed by atoms with Crippen molar-refractivity contribution < 1.29 is 14.6 Å². The van der Waals surface area contributed by atoms with E-state index in [0.717, 1.165) is 5.56 Å². The molecule has 1 atom stereocenters. The Morgan fingerprint density at radius 3 is 2.60 bits per heavy atom. The number of nitrogens with one attached hydrogen (secondary N) is 1. The molecule has 80 valence electrons. The summed E-state index contributed by atoms with van der Waals surface area (Å²) in [6.07, 6.45) is 0.416. The highest BCUT2D eigenvalue weighted by Crippen LogP contribution is 2.19. The van der Waals surface area contributed by atoms with Crippen LogP contribution in [0.1, 0.15) is 12.5 Å². The minimum Gasteiger partial charge on any atom is -0.348 e. The van der Waals surface area contributed by atoms with Crippen LogP contribution in [0.25, 0.3) is 0 Å². The van der Waals surface area contributed by atoms with Crippen LogP contribution in [0.2, 0.25) is 0 Å². The Kier molecular flexibility index (Phi) is 2.99. The summed E-state index contributed by atoms with van der Waals surface area (Å²) in [6, 6.07) is 9.81. The van der Waals surface area contributed by atoms with Gasteiger partial charge in [-0.05, 0) is 12.0 Å². The topological polar surface area (TPSA) is 54.2 Å². The highest BCUT2D eigenvalue weighted by atomic mass is 17.4. The number of carbonyl (C=O) groups is 1. The van der Waals surface area contributed by atoms with E-state index in [4.69, 9.17) is 9.78 Å². The van der Waals surface area contributed by atoms with E-state index in [1.165, 1.54) is 6.92 Å². The maximum absolute atomic E-state index is 11.0. The normalized spacial score (nSPS) is 17.1. The van der Waals surface area contributed by atoms with Gasteiger partial charge < -0.3 is 5.32 Å². The SMILES string of the molecule is CC(=O)N[C@@H](Cc1ccccc1)C1OO1. The van der Waals surface area contributed by atoms with Gasteiger partial charge in [0.1, 0.15) is 0 Å². The molecular weight excluding hydrogens is 194 g/mol. The molecule has 1 aromatic carbocycles. The summed E-state index contributed by atoms with van der Waals surface area (Å²) >= 11 is 0. The maximum atomic E-state index is 11.0. The van der Waals surface area contributed by atoms with Crippen molar-refractivity contribution in [3.63, 3.8) is 0 Å². The minimum absolute atomic E-state index is 0.0740. The minimum atomic E-state index is -0.297. The standard InChI is InChI=1S/C11H13NO3/c1-8(13)12-10(11-14-15-11)7-9-5-3-2-4-6-9/h2-6,10-11H,7H2,1H3,(H,12,13)/t10-/m0/s1. The van der Waals surface area contributed by atoms with Gasteiger partial charge in [0, 0.05) is 6.92 Å². The highest BCUT2D eigenvalue weighted by Gasteiger charge is 2.36. The number of hydrogen-bond donors (Lipinski definition) is 1. The number of benzene rings is 1. The summed E-state index contributed by atoms with van der Waals surface area (Å²) in [5.74, 6) is -0.0740. The summed E-state index contributed by atoms with van der Waals surface area (Å²) < 4.78 is 0. The zero-order valence-corrected chi connectivity index (χ0v) is 8.47. The lowest BCUT2D eigenvalue weighted by molar-refractivity contribution is -0.119. The van der Waals surface area contributed by atoms with Gasteiger partial charge in [-0.3, -0.25) is 4.79 Å². The van der Waals surface area contributed by atoms with Gasteiger partial charge in [-0.2, -0.15) is 9.78 Å². The Hall–Kier alpha value is -1.39. The zero-order valence-electron chi connectivity index (χ0n) is 8.47. The first-order valence-electron chi connectivity index (χ1n) is 4.89. The summed E-state index contributed by atoms with van der Waals surface area (Å²) in [5, 5.41) is 2.80. The smallest absolute Gasteiger partial charge is 0.244 e. The van der Waals surface area contributed by atoms with E-state index in [9.17, 15) is 4.79 Å². The molecule has 4 nitrogen and oxygen atoms in total. The van der Waals surface area contributed by atoms with Crippen molar-refractivity contribution >= 4 is 5.91 Å². The first kappa shape index (κ1) is 10.1. The molecule has 4 heteroatoms. The summed E-state index contributed by atoms with van der Waals surface area (Å²) in [6.45, 7) is 1.49. The van der Waals surface area contributed by atoms with Crippen molar-refractivity contribution in [2.45, 2.75) is 25.7 Å². The average Bonchev–Trinajstić information content (AvgIpc) is 3.01. The average molecular weight is 207 g/mol. The zero-order chi connectivity index (χ0) is 10.7. The number of amides is 1. The van der Waals surface area contributed by atoms with Crippen molar-refractivity contribution in [2.24, 2.45) is 0 Å². The number of carbonyl (C=O) groups excluding carboxylic acids is 1. The van der Waals surface area contributed by atoms with Gasteiger partial charge in [-0.15, -0.1) is 0 Å². The first-order chi connectivity index (χ1) is 7.25. The summed E-state index contributed by atoms with van der Waals surface area (Å²) in [7, 11) is 0. The lowest BCUT2D eigenvalue weighted by Crippen LogP contribution is -2.38. The van der Waals surface area contributed by atoms with Gasteiger partial charge in [0.05, 0.1) is 6.04 Å². The molecule has 1 fully saturated rings. The quantitative estimate of drug-likeness (QED) is 0.592. The third-order valence-corrected chi connectivity index (χ3v) is 2.22. The third-order valence-electron chi connectivity index (χ3n) is 2.22. The predicted molar refractivity (Wildman–Crippen MR) is 53.7 cm³/mol. The van der Waals surface area contributed by atoms with Crippen molar-refractivity contribution in [1.29, 1.82) is 0 Å². The Balaban J connectivity index is 1.97. The van der Waals surface area contributed by atoms with Crippen LogP contribution in [0.3, 0.4) is 0 Å². The van der Waals surface area contributed by atoms with Crippen LogP contribution < -0.4 is 5.32 Å². The molecule has 15 heavy (non-hydrogen) atoms. The number of hydrogen-bond acceptors (Lipinski definition) is 3. The fourth-order valence-corrected chi connectivity index (χ4v) is 1.51. The van der Waals surface area contributed by atoms with Gasteiger partial charge in [0.25, 0.3) is 0 Å². The summed E-state index contributed by atoms with van der Waals surface area (Å²) in [4.78, 5) is 20.4. The molecule has 1 aliphatic heterocycles. The molecular formula is C11H13NO3. The second-order valence-electron chi connectivity index (χ2n) is 3.56. The molecule has 0 saturated carbocycles. The van der Waals surface area contributed by atoms with Gasteiger partial charge in [-0.1, -0.05) is 30.3 Å². The maximum Gasteiger partial charge on any atom is 0.244 e. The molecule has 0 unspecified atom stereocenters. The molecule has 1 heterocycles. The van der Waals surface area contributed by atoms with E-state index >= 15 is 0 Å². The molecule has 0 aliphatic carbocycles. The van der Waals surface area contributed by atoms with Crippen LogP contribution >= 0.6 is 0 Å². The molecule has 1 aromatic rings. The van der Waals surface area contributed by atoms with Crippen LogP contribution in [0.5, 0.6) is 0 Å². The molecule has 0 spiro atoms. The van der Waals surface area contributed by atoms with Crippen LogP contribution in [-0.4, -0.2) is 18.2 Å². The van der Waals surface area contributed by atoms with Crippen molar-refractivity contribution in [2.75, 3.05) is 0 Å². The van der Waals surface area contributed by atoms with Crippen LogP contribution in [0, 0.1) is 0 Å². The van der Waals surface area contributed by atoms with Gasteiger partial charge in [0.15, 0.2) is 0 Å². The van der Waals surface area contributed by atoms with E-state index in [0.29, 0.717) is 6.42 Å². The van der Waals surface area contributed by atoms with Gasteiger partial charge in [-0.25, -0.2) is 0 Å². The molecule has 1 N–H and O–H groups in total. The van der Waals surface area contributed by atoms with Gasteiger partial charge in [0.2, 0.25) is 12.2 Å². The van der Waals surface area contributed by atoms with E-state index < -0.39 is 0 Å². The van der Waals surface area contributed by atoms with Crippen molar-refractivity contribution in [3.05, 3.63) is 35.9 Å². The van der Waals surface area contributed by atoms with Crippen molar-refractivity contribution in [1.82, 2.24) is 5.32 Å². The van der Waals surface area contributed by atoms with Crippen LogP contribution in [-0.2, 0) is 21.0 Å². The largest absolute Gasteiger partial charge is 0.348 e. The molecule has 1 aliphatic rings. The van der Waals surface area contributed by atoms with E-state index in [2.05, 4.69) is 5.32 Å². The molecule has 0 aromatic heterocycles. The van der Waals surface area contributed by atoms with Crippen molar-refractivity contribution in [3.8, 4) is 0 Å². The summed E-state index contributed by atoms with van der Waals surface area (Å²) in [5.41, 5.74) is 1.15. The second-order valence-corrected chi connectivity index (χ2v) is 3.56. The van der Waals surface area contributed by atoms with Crippen LogP contribution in [0.15, 0.2) is 30.3 Å². The predicted octanol–water partition coefficient (Wildman–Crippen LogP) is 1.02. The third kappa shape index (κ3) is 3.04. The fraction of sp³-hybridized carbons (Fsp3) is 0.364. The monoisotopic (exact) mass is 207 g/mol. The molecule has 2 rings (SSSR count). The van der Waals surface area contributed by atoms with E-state index in [1.54, 1.807) is 0 Å². The highest BCUT2D eigenvalue weighted by molar-refractivity contribution is 5.73. The fourth-order valence-electron chi connectivity index (χ4n) is 1.51. The Bertz CT molecular complexity index is 335. The van der Waals surface area contributed by atoms with Gasteiger partial charge >= 0.3 is 0 Å². The lowest BCUT2D eigenvalue weighted by Gasteiger charge is -2.12. The Morgan fingerprint density at radius 1 is 1.40 bits per heavy atom. The Labute approximate surface area is 88.1 Å². The van der Waals surface area contributed by atoms with E-state index in [-0.39, 0.29) is 18.2 Å². The molecule has 1 saturated heterocycles. The second kappa shape index (κ2) is 4.42. The van der Waals surface area contributed by atoms with E-state index in [1.807, 2.05) is 30.3 Å². The first-order valence-corrected chi connectivity index (χ1v) is 4.89. The molecule has 1 amide bonds. The molecule has 0 bridgehead atoms. The molecule has 0 radical (unpaired) electrons. The lowest BCUT2D eigenvalue weighted by atomic mass is 10.1.